The van der Waals surface area contributed by atoms with Crippen LogP contribution in [0, 0.1) is 6.92 Å². The molecule has 220 valence electrons. The minimum Gasteiger partial charge on any atom is -0.455 e. The third-order valence-electron chi connectivity index (χ3n) is 4.92. The first-order chi connectivity index (χ1) is 18.5. The molecule has 1 aliphatic heterocycles. The Bertz CT molecular complexity index is 1570. The molecule has 0 amide bonds. The largest absolute Gasteiger partial charge is 0.490 e. The Hall–Kier alpha value is -2.96. The molecular formula is C15H20N7O15P3. The van der Waals surface area contributed by atoms with Gasteiger partial charge in [0, 0.05) is 23.1 Å². The molecule has 0 saturated carbocycles. The van der Waals surface area contributed by atoms with Crippen molar-refractivity contribution in [3.63, 3.8) is 0 Å². The first-order valence-electron chi connectivity index (χ1n) is 10.5. The molecule has 25 heteroatoms. The fraction of sp³-hybridized carbons (Fsp3) is 0.467. The van der Waals surface area contributed by atoms with Crippen molar-refractivity contribution in [2.45, 2.75) is 38.3 Å². The van der Waals surface area contributed by atoms with E-state index in [1.165, 1.54) is 6.92 Å². The predicted molar refractivity (Wildman–Crippen MR) is 125 cm³/mol. The minimum atomic E-state index is -5.81. The van der Waals surface area contributed by atoms with Gasteiger partial charge in [0.15, 0.2) is 0 Å². The number of esters is 1. The molecule has 0 aliphatic carbocycles. The number of imidazole rings is 1. The zero-order valence-electron chi connectivity index (χ0n) is 19.9. The fourth-order valence-corrected chi connectivity index (χ4v) is 6.36. The van der Waals surface area contributed by atoms with Crippen molar-refractivity contribution in [3.05, 3.63) is 60.8 Å². The maximum absolute atomic E-state index is 12.8. The summed E-state index contributed by atoms with van der Waals surface area (Å²) in [4.78, 5) is 84.1. The van der Waals surface area contributed by atoms with Crippen LogP contribution in [-0.2, 0) is 42.9 Å². The number of aromatic amines is 2. The Morgan fingerprint density at radius 3 is 2.60 bits per heavy atom. The van der Waals surface area contributed by atoms with Crippen LogP contribution in [0.2, 0.25) is 0 Å². The predicted octanol–water partition coefficient (Wildman–Crippen LogP) is 0.235. The monoisotopic (exact) mass is 631 g/mol. The number of hydrogen-bond acceptors (Lipinski definition) is 13. The smallest absolute Gasteiger partial charge is 0.455 e. The molecule has 1 saturated heterocycles. The molecule has 0 bridgehead atoms. The highest BCUT2D eigenvalue weighted by Crippen LogP contribution is 2.66. The van der Waals surface area contributed by atoms with Crippen molar-refractivity contribution < 1.29 is 60.7 Å². The minimum absolute atomic E-state index is 0.00978. The van der Waals surface area contributed by atoms with Gasteiger partial charge in [-0.15, -0.1) is 0 Å². The van der Waals surface area contributed by atoms with Crippen molar-refractivity contribution in [2.75, 3.05) is 6.61 Å². The van der Waals surface area contributed by atoms with Crippen LogP contribution in [0.25, 0.3) is 10.4 Å². The third-order valence-corrected chi connectivity index (χ3v) is 8.72. The molecule has 5 atom stereocenters. The van der Waals surface area contributed by atoms with E-state index >= 15 is 0 Å². The number of H-pyrrole nitrogens is 2. The van der Waals surface area contributed by atoms with Gasteiger partial charge in [-0.05, 0) is 12.5 Å². The number of aryl methyl sites for hydroxylation is 1. The van der Waals surface area contributed by atoms with Gasteiger partial charge in [0.1, 0.15) is 24.1 Å². The van der Waals surface area contributed by atoms with Crippen molar-refractivity contribution in [1.29, 1.82) is 0 Å². The topological polar surface area (TPSA) is 328 Å². The summed E-state index contributed by atoms with van der Waals surface area (Å²) in [5, 5.41) is 3.29. The lowest BCUT2D eigenvalue weighted by molar-refractivity contribution is -0.0513. The molecule has 2 aromatic rings. The van der Waals surface area contributed by atoms with Gasteiger partial charge in [-0.3, -0.25) is 18.9 Å². The maximum Gasteiger partial charge on any atom is 0.490 e. The molecule has 40 heavy (non-hydrogen) atoms. The number of nitrogens with one attached hydrogen (secondary N) is 2. The highest BCUT2D eigenvalue weighted by molar-refractivity contribution is 7.66. The summed E-state index contributed by atoms with van der Waals surface area (Å²) < 4.78 is 58.3. The van der Waals surface area contributed by atoms with Crippen LogP contribution >= 0.6 is 23.5 Å². The Balaban J connectivity index is 1.83. The molecule has 22 nitrogen and oxygen atoms in total. The molecule has 1 fully saturated rings. The third kappa shape index (κ3) is 8.52. The number of phosphoric acid groups is 3. The lowest BCUT2D eigenvalue weighted by Crippen LogP contribution is -2.33. The van der Waals surface area contributed by atoms with Crippen molar-refractivity contribution in [2.24, 2.45) is 5.11 Å². The summed E-state index contributed by atoms with van der Waals surface area (Å²) in [7, 11) is -17.0. The summed E-state index contributed by atoms with van der Waals surface area (Å²) in [5.74, 6) is -1.05. The Labute approximate surface area is 220 Å². The van der Waals surface area contributed by atoms with Gasteiger partial charge in [0.2, 0.25) is 0 Å². The average Bonchev–Trinajstić information content (AvgIpc) is 3.43. The SMILES string of the molecule is Cc1cn([C@H]2CC(OC(=O)c3[nH]cnc3CN=[N+]=[N-])[C@@H](COP(=O)(O)OP(=O)(O)OP(=O)(O)O)O2)c(=O)[nH]c1=O. The number of phosphoric ester groups is 1. The molecular weight excluding hydrogens is 611 g/mol. The van der Waals surface area contributed by atoms with Crippen LogP contribution in [-0.4, -0.2) is 63.9 Å². The van der Waals surface area contributed by atoms with E-state index in [9.17, 15) is 37.9 Å². The second-order valence-corrected chi connectivity index (χ2v) is 12.2. The molecule has 3 heterocycles. The van der Waals surface area contributed by atoms with E-state index in [0.29, 0.717) is 0 Å². The van der Waals surface area contributed by atoms with Gasteiger partial charge in [-0.1, -0.05) is 5.11 Å². The quantitative estimate of drug-likeness (QED) is 0.0600. The van der Waals surface area contributed by atoms with Gasteiger partial charge >= 0.3 is 35.1 Å². The van der Waals surface area contributed by atoms with Crippen molar-refractivity contribution in [3.8, 4) is 0 Å². The van der Waals surface area contributed by atoms with Gasteiger partial charge in [-0.2, -0.15) is 8.62 Å². The van der Waals surface area contributed by atoms with Gasteiger partial charge in [0.05, 0.1) is 25.2 Å². The van der Waals surface area contributed by atoms with Crippen LogP contribution in [0.3, 0.4) is 0 Å². The molecule has 0 aromatic carbocycles. The number of azide groups is 1. The lowest BCUT2D eigenvalue weighted by Gasteiger charge is -2.21. The molecule has 2 aromatic heterocycles. The summed E-state index contributed by atoms with van der Waals surface area (Å²) >= 11 is 0. The molecule has 0 spiro atoms. The second-order valence-electron chi connectivity index (χ2n) is 7.79. The highest BCUT2D eigenvalue weighted by Gasteiger charge is 2.44. The van der Waals surface area contributed by atoms with Crippen LogP contribution in [0.1, 0.15) is 34.4 Å². The van der Waals surface area contributed by atoms with Crippen LogP contribution < -0.4 is 11.2 Å². The Morgan fingerprint density at radius 2 is 1.95 bits per heavy atom. The van der Waals surface area contributed by atoms with E-state index in [1.54, 1.807) is 0 Å². The fourth-order valence-electron chi connectivity index (χ4n) is 3.33. The molecule has 3 unspecified atom stereocenters. The zero-order valence-corrected chi connectivity index (χ0v) is 22.5. The normalized spacial score (nSPS) is 22.2. The van der Waals surface area contributed by atoms with Crippen molar-refractivity contribution in [1.82, 2.24) is 19.5 Å². The van der Waals surface area contributed by atoms with Crippen LogP contribution in [0.4, 0.5) is 0 Å². The highest BCUT2D eigenvalue weighted by atomic mass is 31.3. The summed E-state index contributed by atoms with van der Waals surface area (Å²) in [5.41, 5.74) is 6.79. The zero-order chi connectivity index (χ0) is 29.9. The second kappa shape index (κ2) is 12.3. The number of carbonyl (C=O) groups excluding carboxylic acids is 1. The number of nitrogens with zero attached hydrogens (tertiary/aromatic N) is 5. The number of rotatable bonds is 12. The van der Waals surface area contributed by atoms with Crippen molar-refractivity contribution >= 4 is 29.4 Å². The van der Waals surface area contributed by atoms with Gasteiger partial charge in [-0.25, -0.2) is 28.3 Å². The molecule has 0 radical (unpaired) electrons. The first-order valence-corrected chi connectivity index (χ1v) is 15.0. The number of ether oxygens (including phenoxy) is 2. The summed E-state index contributed by atoms with van der Waals surface area (Å²) in [6.45, 7) is 0.0527. The Morgan fingerprint density at radius 1 is 1.25 bits per heavy atom. The van der Waals surface area contributed by atoms with E-state index in [2.05, 4.69) is 33.1 Å². The lowest BCUT2D eigenvalue weighted by atomic mass is 10.2. The van der Waals surface area contributed by atoms with Gasteiger partial charge < -0.3 is 34.0 Å². The molecule has 3 rings (SSSR count). The van der Waals surface area contributed by atoms with E-state index in [-0.39, 0.29) is 29.9 Å². The maximum atomic E-state index is 12.8. The van der Waals surface area contributed by atoms with E-state index in [0.717, 1.165) is 17.1 Å². The number of hydrogen-bond donors (Lipinski definition) is 6. The van der Waals surface area contributed by atoms with Crippen LogP contribution in [0.5, 0.6) is 0 Å². The number of carbonyl (C=O) groups is 1. The summed E-state index contributed by atoms with van der Waals surface area (Å²) in [6.07, 6.45) is -2.09. The summed E-state index contributed by atoms with van der Waals surface area (Å²) in [6, 6.07) is 0. The standard InChI is InChI=1S/C15H20N7O15P3/c1-7-4-22(15(25)20-13(7)23)11-2-9(35-14(24)12-8(3-19-21-16)17-6-18-12)10(34-11)5-33-39(29,30)37-40(31,32)36-38(26,27)28/h4,6,9-11H,2-3,5H2,1H3,(H,17,18)(H,29,30)(H,31,32)(H,20,23,25)(H2,26,27,28)/t9?,10-,11-/m1/s1. The Kier molecular flexibility index (Phi) is 9.69. The van der Waals surface area contributed by atoms with Gasteiger partial charge in [0.25, 0.3) is 5.56 Å². The average molecular weight is 631 g/mol. The van der Waals surface area contributed by atoms with E-state index < -0.39 is 65.7 Å². The van der Waals surface area contributed by atoms with E-state index in [4.69, 9.17) is 24.8 Å². The van der Waals surface area contributed by atoms with E-state index in [1.807, 2.05) is 4.98 Å². The van der Waals surface area contributed by atoms with Crippen LogP contribution in [0.15, 0.2) is 27.2 Å². The molecule has 6 N–H and O–H groups in total. The molecule has 1 aliphatic rings. The number of aromatic nitrogens is 4. The first kappa shape index (κ1) is 31.6.